The Morgan fingerprint density at radius 2 is 1.28 bits per heavy atom. The largest absolute Gasteiger partial charge is 0.460 e. The molecule has 1 aliphatic heterocycles. The Labute approximate surface area is 97.7 Å². The van der Waals surface area contributed by atoms with Crippen LogP contribution in [0.2, 0.25) is 0 Å². The van der Waals surface area contributed by atoms with Gasteiger partial charge in [-0.1, -0.05) is 0 Å². The number of alkyl halides is 7. The predicted octanol–water partition coefficient (Wildman–Crippen LogP) is 2.83. The highest BCUT2D eigenvalue weighted by Crippen LogP contribution is 2.47. The maximum atomic E-state index is 13.0. The number of hydrogen-bond acceptors (Lipinski definition) is 1. The van der Waals surface area contributed by atoms with Gasteiger partial charge in [-0.2, -0.15) is 30.7 Å². The van der Waals surface area contributed by atoms with Crippen LogP contribution in [0.1, 0.15) is 19.3 Å². The summed E-state index contributed by atoms with van der Waals surface area (Å²) in [4.78, 5) is 11.5. The Morgan fingerprint density at radius 3 is 1.67 bits per heavy atom. The molecule has 0 radical (unpaired) electrons. The third-order valence-corrected chi connectivity index (χ3v) is 2.66. The van der Waals surface area contributed by atoms with Gasteiger partial charge in [0, 0.05) is 13.1 Å². The van der Waals surface area contributed by atoms with Gasteiger partial charge in [-0.25, -0.2) is 0 Å². The van der Waals surface area contributed by atoms with Crippen molar-refractivity contribution in [2.24, 2.45) is 0 Å². The lowest BCUT2D eigenvalue weighted by atomic mass is 10.1. The number of halogens is 7. The van der Waals surface area contributed by atoms with E-state index < -0.39 is 23.9 Å². The maximum absolute atomic E-state index is 13.0. The van der Waals surface area contributed by atoms with Crippen molar-refractivity contribution in [2.45, 2.75) is 37.3 Å². The molecule has 18 heavy (non-hydrogen) atoms. The minimum atomic E-state index is -6.47. The molecule has 0 aromatic rings. The van der Waals surface area contributed by atoms with Gasteiger partial charge in [0.25, 0.3) is 5.91 Å². The van der Waals surface area contributed by atoms with Crippen molar-refractivity contribution in [1.29, 1.82) is 0 Å². The van der Waals surface area contributed by atoms with E-state index >= 15 is 0 Å². The fourth-order valence-corrected chi connectivity index (χ4v) is 1.61. The van der Waals surface area contributed by atoms with E-state index in [1.165, 1.54) is 0 Å². The van der Waals surface area contributed by atoms with Gasteiger partial charge < -0.3 is 4.90 Å². The first-order valence-corrected chi connectivity index (χ1v) is 5.13. The average Bonchev–Trinajstić information content (AvgIpc) is 2.27. The zero-order valence-electron chi connectivity index (χ0n) is 9.04. The summed E-state index contributed by atoms with van der Waals surface area (Å²) in [5.41, 5.74) is 0. The van der Waals surface area contributed by atoms with Crippen LogP contribution >= 0.6 is 0 Å². The summed E-state index contributed by atoms with van der Waals surface area (Å²) in [6, 6.07) is 0. The first-order valence-electron chi connectivity index (χ1n) is 5.13. The van der Waals surface area contributed by atoms with E-state index in [0.29, 0.717) is 24.2 Å². The molecule has 0 spiro atoms. The van der Waals surface area contributed by atoms with E-state index in [0.717, 1.165) is 0 Å². The molecule has 1 aliphatic rings. The average molecular weight is 281 g/mol. The lowest BCUT2D eigenvalue weighted by molar-refractivity contribution is -0.346. The lowest BCUT2D eigenvalue weighted by Gasteiger charge is -2.33. The molecule has 0 unspecified atom stereocenters. The first kappa shape index (κ1) is 15.0. The summed E-state index contributed by atoms with van der Waals surface area (Å²) >= 11 is 0. The van der Waals surface area contributed by atoms with Gasteiger partial charge in [0.05, 0.1) is 0 Å². The van der Waals surface area contributed by atoms with Crippen molar-refractivity contribution in [3.8, 4) is 0 Å². The molecule has 0 bridgehead atoms. The SMILES string of the molecule is O=C(N1CCCCC1)C(F)(F)C(F)(F)C(F)(F)F. The summed E-state index contributed by atoms with van der Waals surface area (Å²) in [5.74, 6) is -14.6. The molecule has 0 N–H and O–H groups in total. The molecule has 1 rings (SSSR count). The molecule has 9 heteroatoms. The molecular weight excluding hydrogens is 271 g/mol. The van der Waals surface area contributed by atoms with Crippen LogP contribution in [0.3, 0.4) is 0 Å². The number of amides is 1. The minimum Gasteiger partial charge on any atom is -0.337 e. The number of nitrogens with zero attached hydrogens (tertiary/aromatic N) is 1. The maximum Gasteiger partial charge on any atom is 0.460 e. The van der Waals surface area contributed by atoms with Crippen molar-refractivity contribution < 1.29 is 35.5 Å². The van der Waals surface area contributed by atoms with Gasteiger partial charge in [-0.3, -0.25) is 4.79 Å². The second-order valence-electron chi connectivity index (χ2n) is 4.00. The topological polar surface area (TPSA) is 20.3 Å². The molecular formula is C9H10F7NO. The molecule has 2 nitrogen and oxygen atoms in total. The second kappa shape index (κ2) is 4.58. The van der Waals surface area contributed by atoms with Gasteiger partial charge in [0.2, 0.25) is 0 Å². The summed E-state index contributed by atoms with van der Waals surface area (Å²) in [6.45, 7) is -0.468. The van der Waals surface area contributed by atoms with E-state index in [1.54, 1.807) is 0 Å². The van der Waals surface area contributed by atoms with Crippen molar-refractivity contribution >= 4 is 5.91 Å². The van der Waals surface area contributed by atoms with E-state index in [2.05, 4.69) is 0 Å². The Hall–Kier alpha value is -1.02. The molecule has 0 aromatic heterocycles. The third-order valence-electron chi connectivity index (χ3n) is 2.66. The molecule has 0 saturated carbocycles. The summed E-state index contributed by atoms with van der Waals surface area (Å²) in [5, 5.41) is 0. The number of hydrogen-bond donors (Lipinski definition) is 0. The Kier molecular flexibility index (Phi) is 3.83. The van der Waals surface area contributed by atoms with Crippen LogP contribution in [0, 0.1) is 0 Å². The van der Waals surface area contributed by atoms with Gasteiger partial charge >= 0.3 is 18.0 Å². The monoisotopic (exact) mass is 281 g/mol. The molecule has 106 valence electrons. The van der Waals surface area contributed by atoms with E-state index in [9.17, 15) is 35.5 Å². The number of carbonyl (C=O) groups is 1. The van der Waals surface area contributed by atoms with Gasteiger partial charge in [-0.15, -0.1) is 0 Å². The molecule has 1 amide bonds. The van der Waals surface area contributed by atoms with Crippen LogP contribution in [-0.2, 0) is 4.79 Å². The highest BCUT2D eigenvalue weighted by molar-refractivity contribution is 5.85. The van der Waals surface area contributed by atoms with Crippen LogP contribution in [-0.4, -0.2) is 41.9 Å². The third kappa shape index (κ3) is 2.39. The quantitative estimate of drug-likeness (QED) is 0.713. The van der Waals surface area contributed by atoms with E-state index in [-0.39, 0.29) is 13.1 Å². The van der Waals surface area contributed by atoms with Crippen molar-refractivity contribution in [2.75, 3.05) is 13.1 Å². The normalized spacial score (nSPS) is 18.9. The molecule has 0 aliphatic carbocycles. The lowest BCUT2D eigenvalue weighted by Crippen LogP contribution is -2.60. The highest BCUT2D eigenvalue weighted by Gasteiger charge is 2.76. The van der Waals surface area contributed by atoms with Crippen molar-refractivity contribution in [3.63, 3.8) is 0 Å². The zero-order valence-corrected chi connectivity index (χ0v) is 9.04. The molecule has 1 saturated heterocycles. The summed E-state index contributed by atoms with van der Waals surface area (Å²) in [7, 11) is 0. The molecule has 1 fully saturated rings. The summed E-state index contributed by atoms with van der Waals surface area (Å²) in [6.07, 6.45) is -5.24. The number of piperidine rings is 1. The number of rotatable bonds is 2. The highest BCUT2D eigenvalue weighted by atomic mass is 19.4. The molecule has 1 heterocycles. The Balaban J connectivity index is 2.94. The zero-order chi connectivity index (χ0) is 14.2. The van der Waals surface area contributed by atoms with Gasteiger partial charge in [0.1, 0.15) is 0 Å². The van der Waals surface area contributed by atoms with Crippen LogP contribution < -0.4 is 0 Å². The fraction of sp³-hybridized carbons (Fsp3) is 0.889. The standard InChI is InChI=1S/C9H10F7NO/c10-7(11,8(12,13)9(14,15)16)6(18)17-4-2-1-3-5-17/h1-5H2. The second-order valence-corrected chi connectivity index (χ2v) is 4.00. The van der Waals surface area contributed by atoms with Crippen LogP contribution in [0.5, 0.6) is 0 Å². The Bertz CT molecular complexity index is 319. The van der Waals surface area contributed by atoms with Crippen LogP contribution in [0.4, 0.5) is 30.7 Å². The minimum absolute atomic E-state index is 0.234. The van der Waals surface area contributed by atoms with Crippen LogP contribution in [0.25, 0.3) is 0 Å². The molecule has 0 aromatic carbocycles. The van der Waals surface area contributed by atoms with Crippen molar-refractivity contribution in [3.05, 3.63) is 0 Å². The number of likely N-dealkylation sites (tertiary alicyclic amines) is 1. The van der Waals surface area contributed by atoms with Crippen LogP contribution in [0.15, 0.2) is 0 Å². The fourth-order valence-electron chi connectivity index (χ4n) is 1.61. The smallest absolute Gasteiger partial charge is 0.337 e. The van der Waals surface area contributed by atoms with E-state index in [4.69, 9.17) is 0 Å². The summed E-state index contributed by atoms with van der Waals surface area (Å²) < 4.78 is 86.8. The van der Waals surface area contributed by atoms with Gasteiger partial charge in [0.15, 0.2) is 0 Å². The Morgan fingerprint density at radius 1 is 0.833 bits per heavy atom. The first-order chi connectivity index (χ1) is 8.02. The number of carbonyl (C=O) groups excluding carboxylic acids is 1. The van der Waals surface area contributed by atoms with Crippen molar-refractivity contribution in [1.82, 2.24) is 4.90 Å². The van der Waals surface area contributed by atoms with E-state index in [1.807, 2.05) is 0 Å². The van der Waals surface area contributed by atoms with Gasteiger partial charge in [-0.05, 0) is 19.3 Å². The predicted molar refractivity (Wildman–Crippen MR) is 46.4 cm³/mol. The molecule has 0 atom stereocenters.